The standard InChI is InChI=1S/C35H28O10/c1-16-10-24(17-2-9-27(39)26(12-17)35-34(44)33(43)23-8-5-20(38)15-30(23)45-35)31(32(42)22-7-4-19(37)14-29(22)41)25(11-16)21-6-3-18(36)13-28(21)40/h2-10,12-15,24-25,31,36-41,44H,11H2,1H3/t24-,25+,31-/m0/s1. The summed E-state index contributed by atoms with van der Waals surface area (Å²) in [6.45, 7) is 1.86. The van der Waals surface area contributed by atoms with Crippen LogP contribution in [0, 0.1) is 5.92 Å². The molecule has 0 radical (unpaired) electrons. The molecule has 1 heterocycles. The van der Waals surface area contributed by atoms with Gasteiger partial charge in [-0.3, -0.25) is 9.59 Å². The van der Waals surface area contributed by atoms with Gasteiger partial charge in [0.25, 0.3) is 0 Å². The molecule has 0 unspecified atom stereocenters. The molecule has 45 heavy (non-hydrogen) atoms. The van der Waals surface area contributed by atoms with Crippen LogP contribution in [0.25, 0.3) is 22.3 Å². The first-order valence-corrected chi connectivity index (χ1v) is 14.0. The maximum atomic E-state index is 14.3. The minimum atomic E-state index is -0.953. The highest BCUT2D eigenvalue weighted by molar-refractivity contribution is 6.02. The molecule has 7 N–H and O–H groups in total. The molecule has 228 valence electrons. The number of rotatable bonds is 5. The number of carbonyl (C=O) groups excluding carboxylic acids is 1. The lowest BCUT2D eigenvalue weighted by atomic mass is 9.65. The van der Waals surface area contributed by atoms with E-state index in [0.29, 0.717) is 17.5 Å². The maximum absolute atomic E-state index is 14.3. The largest absolute Gasteiger partial charge is 0.508 e. The lowest BCUT2D eigenvalue weighted by molar-refractivity contribution is 0.0877. The van der Waals surface area contributed by atoms with Crippen LogP contribution in [0.3, 0.4) is 0 Å². The SMILES string of the molecule is CC1=C[C@@H](c2ccc(O)c(-c3oc4cc(O)ccc4c(=O)c3O)c2)[C@H](C(=O)c2ccc(O)cc2O)[C@@H](c2ccc(O)cc2O)C1. The van der Waals surface area contributed by atoms with Gasteiger partial charge in [-0.15, -0.1) is 0 Å². The van der Waals surface area contributed by atoms with Gasteiger partial charge in [0.2, 0.25) is 11.2 Å². The molecular weight excluding hydrogens is 580 g/mol. The van der Waals surface area contributed by atoms with Crippen LogP contribution in [0.2, 0.25) is 0 Å². The van der Waals surface area contributed by atoms with E-state index >= 15 is 0 Å². The summed E-state index contributed by atoms with van der Waals surface area (Å²) in [5.41, 5.74) is 0.816. The third-order valence-electron chi connectivity index (χ3n) is 8.29. The van der Waals surface area contributed by atoms with Crippen molar-refractivity contribution in [2.45, 2.75) is 25.2 Å². The third kappa shape index (κ3) is 5.16. The zero-order valence-electron chi connectivity index (χ0n) is 23.8. The number of hydrogen-bond donors (Lipinski definition) is 7. The summed E-state index contributed by atoms with van der Waals surface area (Å²) in [6.07, 6.45) is 2.21. The van der Waals surface area contributed by atoms with Crippen molar-refractivity contribution >= 4 is 16.8 Å². The highest BCUT2D eigenvalue weighted by Gasteiger charge is 2.41. The number of benzene rings is 4. The van der Waals surface area contributed by atoms with E-state index in [-0.39, 0.29) is 56.6 Å². The van der Waals surface area contributed by atoms with Gasteiger partial charge in [-0.2, -0.15) is 0 Å². The van der Waals surface area contributed by atoms with Gasteiger partial charge >= 0.3 is 0 Å². The first kappa shape index (κ1) is 29.2. The van der Waals surface area contributed by atoms with Crippen molar-refractivity contribution in [1.82, 2.24) is 0 Å². The van der Waals surface area contributed by atoms with E-state index < -0.39 is 40.5 Å². The number of fused-ring (bicyclic) bond motifs is 1. The highest BCUT2D eigenvalue weighted by Crippen LogP contribution is 2.50. The number of Topliss-reactive ketones (excluding diaryl/α,β-unsaturated/α-hetero) is 1. The van der Waals surface area contributed by atoms with Crippen LogP contribution >= 0.6 is 0 Å². The maximum Gasteiger partial charge on any atom is 0.235 e. The van der Waals surface area contributed by atoms with Crippen LogP contribution in [0.4, 0.5) is 0 Å². The van der Waals surface area contributed by atoms with E-state index in [9.17, 15) is 45.3 Å². The van der Waals surface area contributed by atoms with Crippen molar-refractivity contribution in [3.63, 3.8) is 0 Å². The second-order valence-corrected chi connectivity index (χ2v) is 11.2. The molecule has 0 fully saturated rings. The molecule has 1 aromatic heterocycles. The van der Waals surface area contributed by atoms with Crippen molar-refractivity contribution in [3.05, 3.63) is 111 Å². The second kappa shape index (κ2) is 11.0. The molecule has 1 aliphatic carbocycles. The molecule has 0 saturated carbocycles. The lowest BCUT2D eigenvalue weighted by Crippen LogP contribution is -2.31. The van der Waals surface area contributed by atoms with Gasteiger partial charge in [-0.05, 0) is 66.9 Å². The molecule has 0 saturated heterocycles. The van der Waals surface area contributed by atoms with Crippen LogP contribution < -0.4 is 5.43 Å². The fourth-order valence-electron chi connectivity index (χ4n) is 6.21. The fourth-order valence-corrected chi connectivity index (χ4v) is 6.21. The smallest absolute Gasteiger partial charge is 0.235 e. The molecule has 10 nitrogen and oxygen atoms in total. The predicted octanol–water partition coefficient (Wildman–Crippen LogP) is 6.12. The number of allylic oxidation sites excluding steroid dienone is 2. The summed E-state index contributed by atoms with van der Waals surface area (Å²) in [7, 11) is 0. The second-order valence-electron chi connectivity index (χ2n) is 11.2. The predicted molar refractivity (Wildman–Crippen MR) is 164 cm³/mol. The summed E-state index contributed by atoms with van der Waals surface area (Å²) < 4.78 is 5.81. The minimum absolute atomic E-state index is 0.0199. The Bertz CT molecular complexity index is 2090. The average molecular weight is 609 g/mol. The molecule has 4 aromatic carbocycles. The topological polar surface area (TPSA) is 189 Å². The monoisotopic (exact) mass is 608 g/mol. The van der Waals surface area contributed by atoms with Crippen LogP contribution in [-0.4, -0.2) is 41.5 Å². The molecule has 6 rings (SSSR count). The summed E-state index contributed by atoms with van der Waals surface area (Å²) in [5, 5.41) is 72.9. The normalized spacial score (nSPS) is 18.1. The summed E-state index contributed by atoms with van der Waals surface area (Å²) in [6, 6.07) is 15.9. The number of ketones is 1. The molecule has 0 aliphatic heterocycles. The quantitative estimate of drug-likeness (QED) is 0.0905. The average Bonchev–Trinajstić information content (AvgIpc) is 2.98. The summed E-state index contributed by atoms with van der Waals surface area (Å²) >= 11 is 0. The van der Waals surface area contributed by atoms with Gasteiger partial charge in [0.05, 0.1) is 16.5 Å². The van der Waals surface area contributed by atoms with Gasteiger partial charge in [-0.25, -0.2) is 0 Å². The van der Waals surface area contributed by atoms with Gasteiger partial charge in [0.15, 0.2) is 11.5 Å². The Balaban J connectivity index is 1.55. The van der Waals surface area contributed by atoms with E-state index in [2.05, 4.69) is 0 Å². The van der Waals surface area contributed by atoms with Crippen LogP contribution in [0.15, 0.2) is 93.7 Å². The Hall–Kier alpha value is -5.90. The van der Waals surface area contributed by atoms with Crippen LogP contribution in [0.5, 0.6) is 40.2 Å². The van der Waals surface area contributed by atoms with E-state index in [0.717, 1.165) is 11.6 Å². The third-order valence-corrected chi connectivity index (χ3v) is 8.29. The molecule has 10 heteroatoms. The molecule has 0 amide bonds. The van der Waals surface area contributed by atoms with Crippen molar-refractivity contribution < 1.29 is 45.0 Å². The number of aromatic hydroxyl groups is 7. The summed E-state index contributed by atoms with van der Waals surface area (Å²) in [5.74, 6) is -5.49. The van der Waals surface area contributed by atoms with Crippen LogP contribution in [0.1, 0.15) is 46.7 Å². The summed E-state index contributed by atoms with van der Waals surface area (Å²) in [4.78, 5) is 27.3. The van der Waals surface area contributed by atoms with Crippen molar-refractivity contribution in [3.8, 4) is 51.6 Å². The van der Waals surface area contributed by atoms with E-state index in [1.165, 1.54) is 60.7 Å². The molecule has 5 aromatic rings. The molecular formula is C35H28O10. The van der Waals surface area contributed by atoms with Gasteiger partial charge in [-0.1, -0.05) is 23.8 Å². The molecule has 0 spiro atoms. The van der Waals surface area contributed by atoms with Crippen LogP contribution in [-0.2, 0) is 0 Å². The highest BCUT2D eigenvalue weighted by atomic mass is 16.4. The fraction of sp³-hybridized carbons (Fsp3) is 0.143. The number of carbonyl (C=O) groups is 1. The minimum Gasteiger partial charge on any atom is -0.508 e. The van der Waals surface area contributed by atoms with Crippen molar-refractivity contribution in [2.75, 3.05) is 0 Å². The Morgan fingerprint density at radius 2 is 1.42 bits per heavy atom. The number of phenols is 6. The zero-order chi connectivity index (χ0) is 32.2. The Kier molecular flexibility index (Phi) is 7.12. The van der Waals surface area contributed by atoms with Gasteiger partial charge < -0.3 is 40.2 Å². The molecule has 1 aliphatic rings. The Morgan fingerprint density at radius 3 is 2.13 bits per heavy atom. The van der Waals surface area contributed by atoms with E-state index in [1.54, 1.807) is 6.07 Å². The van der Waals surface area contributed by atoms with Crippen molar-refractivity contribution in [1.29, 1.82) is 0 Å². The van der Waals surface area contributed by atoms with Gasteiger partial charge in [0, 0.05) is 36.0 Å². The van der Waals surface area contributed by atoms with E-state index in [4.69, 9.17) is 4.42 Å². The Labute approximate surface area is 255 Å². The number of phenolic OH excluding ortho intramolecular Hbond substituents is 6. The molecule has 0 bridgehead atoms. The Morgan fingerprint density at radius 1 is 0.756 bits per heavy atom. The van der Waals surface area contributed by atoms with Crippen molar-refractivity contribution in [2.24, 2.45) is 5.92 Å². The molecule has 3 atom stereocenters. The zero-order valence-corrected chi connectivity index (χ0v) is 23.8. The van der Waals surface area contributed by atoms with E-state index in [1.807, 2.05) is 13.0 Å². The lowest BCUT2D eigenvalue weighted by Gasteiger charge is -2.37. The number of hydrogen-bond acceptors (Lipinski definition) is 10. The van der Waals surface area contributed by atoms with Gasteiger partial charge in [0.1, 0.15) is 40.1 Å². The first-order chi connectivity index (χ1) is 21.4. The first-order valence-electron chi connectivity index (χ1n) is 14.0.